The average molecular weight is 320 g/mol. The van der Waals surface area contributed by atoms with Gasteiger partial charge in [-0.05, 0) is 36.4 Å². The molecule has 0 spiro atoms. The Morgan fingerprint density at radius 2 is 1.92 bits per heavy atom. The van der Waals surface area contributed by atoms with Crippen LogP contribution in [0.3, 0.4) is 0 Å². The van der Waals surface area contributed by atoms with Crippen LogP contribution in [0.15, 0.2) is 55.0 Å². The van der Waals surface area contributed by atoms with Crippen LogP contribution in [0.4, 0.5) is 5.69 Å². The molecule has 24 heavy (non-hydrogen) atoms. The molecule has 0 aromatic carbocycles. The van der Waals surface area contributed by atoms with Gasteiger partial charge in [0, 0.05) is 24.2 Å². The Balaban J connectivity index is 1.54. The second-order valence-electron chi connectivity index (χ2n) is 5.30. The number of anilines is 1. The molecule has 1 aliphatic heterocycles. The number of hydrogen-bond acceptors (Lipinski definition) is 6. The van der Waals surface area contributed by atoms with E-state index in [0.29, 0.717) is 31.4 Å². The third kappa shape index (κ3) is 2.99. The Morgan fingerprint density at radius 3 is 2.83 bits per heavy atom. The molecule has 6 heteroatoms. The van der Waals surface area contributed by atoms with Crippen molar-refractivity contribution in [3.05, 3.63) is 60.7 Å². The van der Waals surface area contributed by atoms with Gasteiger partial charge in [-0.15, -0.1) is 0 Å². The normalized spacial score (nSPS) is 12.7. The maximum Gasteiger partial charge on any atom is 0.257 e. The highest BCUT2D eigenvalue weighted by molar-refractivity contribution is 5.73. The Labute approximate surface area is 139 Å². The summed E-state index contributed by atoms with van der Waals surface area (Å²) in [4.78, 5) is 13.1. The summed E-state index contributed by atoms with van der Waals surface area (Å²) in [6.07, 6.45) is 5.32. The fourth-order valence-corrected chi connectivity index (χ4v) is 2.53. The summed E-state index contributed by atoms with van der Waals surface area (Å²) < 4.78 is 11.0. The summed E-state index contributed by atoms with van der Waals surface area (Å²) in [5, 5.41) is 3.39. The van der Waals surface area contributed by atoms with Crippen LogP contribution in [0.25, 0.3) is 11.3 Å². The molecule has 0 saturated carbocycles. The first-order valence-corrected chi connectivity index (χ1v) is 7.75. The predicted octanol–water partition coefficient (Wildman–Crippen LogP) is 2.92. The smallest absolute Gasteiger partial charge is 0.257 e. The number of pyridine rings is 3. The van der Waals surface area contributed by atoms with Gasteiger partial charge < -0.3 is 14.8 Å². The summed E-state index contributed by atoms with van der Waals surface area (Å²) in [5.41, 5.74) is 3.64. The number of ether oxygens (including phenoxy) is 2. The van der Waals surface area contributed by atoms with Gasteiger partial charge in [0.15, 0.2) is 5.75 Å². The van der Waals surface area contributed by atoms with E-state index in [1.165, 1.54) is 0 Å². The van der Waals surface area contributed by atoms with Crippen LogP contribution in [0.1, 0.15) is 5.69 Å². The summed E-state index contributed by atoms with van der Waals surface area (Å²) in [7, 11) is 0. The van der Waals surface area contributed by atoms with Crippen molar-refractivity contribution < 1.29 is 9.47 Å². The zero-order valence-corrected chi connectivity index (χ0v) is 13.0. The molecule has 0 atom stereocenters. The largest absolute Gasteiger partial charge is 0.484 e. The first kappa shape index (κ1) is 14.4. The summed E-state index contributed by atoms with van der Waals surface area (Å²) in [5.74, 6) is 1.25. The monoisotopic (exact) mass is 320 g/mol. The highest BCUT2D eigenvalue weighted by Gasteiger charge is 2.13. The van der Waals surface area contributed by atoms with Crippen LogP contribution >= 0.6 is 0 Å². The van der Waals surface area contributed by atoms with Gasteiger partial charge in [0.2, 0.25) is 0 Å². The quantitative estimate of drug-likeness (QED) is 0.797. The van der Waals surface area contributed by atoms with Crippen LogP contribution in [-0.4, -0.2) is 28.2 Å². The van der Waals surface area contributed by atoms with Gasteiger partial charge in [-0.25, -0.2) is 4.98 Å². The molecular weight excluding hydrogens is 304 g/mol. The molecule has 3 aromatic heterocycles. The summed E-state index contributed by atoms with van der Waals surface area (Å²) in [6, 6.07) is 11.6. The number of aromatic nitrogens is 3. The maximum absolute atomic E-state index is 5.52. The minimum atomic E-state index is 0.532. The Bertz CT molecular complexity index is 839. The molecule has 120 valence electrons. The topological polar surface area (TPSA) is 69.2 Å². The van der Waals surface area contributed by atoms with Gasteiger partial charge in [-0.2, -0.15) is 0 Å². The van der Waals surface area contributed by atoms with Crippen molar-refractivity contribution in [2.24, 2.45) is 0 Å². The zero-order valence-electron chi connectivity index (χ0n) is 13.0. The van der Waals surface area contributed by atoms with E-state index in [0.717, 1.165) is 22.6 Å². The summed E-state index contributed by atoms with van der Waals surface area (Å²) in [6.45, 7) is 1.66. The molecule has 1 aliphatic rings. The lowest BCUT2D eigenvalue weighted by atomic mass is 10.1. The molecule has 4 heterocycles. The zero-order chi connectivity index (χ0) is 16.2. The molecule has 1 N–H and O–H groups in total. The van der Waals surface area contributed by atoms with Crippen LogP contribution < -0.4 is 14.8 Å². The van der Waals surface area contributed by atoms with Crippen LogP contribution in [-0.2, 0) is 6.54 Å². The van der Waals surface area contributed by atoms with E-state index in [-0.39, 0.29) is 0 Å². The number of nitrogens with zero attached hydrogens (tertiary/aromatic N) is 3. The first-order chi connectivity index (χ1) is 11.9. The fourth-order valence-electron chi connectivity index (χ4n) is 2.53. The number of nitrogens with one attached hydrogen (secondary N) is 1. The van der Waals surface area contributed by atoms with Gasteiger partial charge in [0.05, 0.1) is 23.6 Å². The third-order valence-electron chi connectivity index (χ3n) is 3.67. The SMILES string of the molecule is c1cncc(-c2ncccc2NCc2ccc3c(n2)OCCO3)c1. The molecule has 6 nitrogen and oxygen atoms in total. The van der Waals surface area contributed by atoms with E-state index < -0.39 is 0 Å². The third-order valence-corrected chi connectivity index (χ3v) is 3.67. The van der Waals surface area contributed by atoms with Crippen molar-refractivity contribution in [1.29, 1.82) is 0 Å². The van der Waals surface area contributed by atoms with Crippen molar-refractivity contribution >= 4 is 5.69 Å². The lowest BCUT2D eigenvalue weighted by Gasteiger charge is -2.18. The van der Waals surface area contributed by atoms with Crippen molar-refractivity contribution in [2.75, 3.05) is 18.5 Å². The van der Waals surface area contributed by atoms with E-state index in [2.05, 4.69) is 20.3 Å². The first-order valence-electron chi connectivity index (χ1n) is 7.75. The molecule has 0 fully saturated rings. The molecular formula is C18H16N4O2. The lowest BCUT2D eigenvalue weighted by molar-refractivity contribution is 0.164. The summed E-state index contributed by atoms with van der Waals surface area (Å²) >= 11 is 0. The minimum Gasteiger partial charge on any atom is -0.484 e. The van der Waals surface area contributed by atoms with Crippen molar-refractivity contribution in [1.82, 2.24) is 15.0 Å². The molecule has 0 radical (unpaired) electrons. The van der Waals surface area contributed by atoms with Gasteiger partial charge >= 0.3 is 0 Å². The van der Waals surface area contributed by atoms with E-state index in [4.69, 9.17) is 9.47 Å². The molecule has 0 unspecified atom stereocenters. The molecule has 3 aromatic rings. The highest BCUT2D eigenvalue weighted by Crippen LogP contribution is 2.28. The number of rotatable bonds is 4. The van der Waals surface area contributed by atoms with Gasteiger partial charge in [-0.3, -0.25) is 9.97 Å². The average Bonchev–Trinajstić information content (AvgIpc) is 2.67. The van der Waals surface area contributed by atoms with E-state index >= 15 is 0 Å². The number of fused-ring (bicyclic) bond motifs is 1. The molecule has 0 bridgehead atoms. The van der Waals surface area contributed by atoms with Crippen LogP contribution in [0.2, 0.25) is 0 Å². The number of hydrogen-bond donors (Lipinski definition) is 1. The lowest BCUT2D eigenvalue weighted by Crippen LogP contribution is -2.17. The maximum atomic E-state index is 5.52. The van der Waals surface area contributed by atoms with Gasteiger partial charge in [-0.1, -0.05) is 0 Å². The highest BCUT2D eigenvalue weighted by atomic mass is 16.6. The minimum absolute atomic E-state index is 0.532. The Morgan fingerprint density at radius 1 is 1.00 bits per heavy atom. The van der Waals surface area contributed by atoms with Crippen LogP contribution in [0.5, 0.6) is 11.6 Å². The van der Waals surface area contributed by atoms with E-state index in [1.54, 1.807) is 18.6 Å². The van der Waals surface area contributed by atoms with E-state index in [1.807, 2.05) is 36.4 Å². The molecule has 0 amide bonds. The van der Waals surface area contributed by atoms with Gasteiger partial charge in [0.25, 0.3) is 5.88 Å². The molecule has 0 aliphatic carbocycles. The van der Waals surface area contributed by atoms with Crippen molar-refractivity contribution in [3.63, 3.8) is 0 Å². The second kappa shape index (κ2) is 6.54. The standard InChI is InChI=1S/C18H16N4O2/c1-3-13(11-19-7-1)17-15(4-2-8-20-17)21-12-14-5-6-16-18(22-14)24-10-9-23-16/h1-8,11,21H,9-10,12H2. The Kier molecular flexibility index (Phi) is 3.93. The fraction of sp³-hybridized carbons (Fsp3) is 0.167. The second-order valence-corrected chi connectivity index (χ2v) is 5.30. The molecule has 0 saturated heterocycles. The van der Waals surface area contributed by atoms with Crippen molar-refractivity contribution in [3.8, 4) is 22.9 Å². The molecule has 4 rings (SSSR count). The Hall–Kier alpha value is -3.15. The predicted molar refractivity (Wildman–Crippen MR) is 90.0 cm³/mol. The van der Waals surface area contributed by atoms with E-state index in [9.17, 15) is 0 Å². The van der Waals surface area contributed by atoms with Crippen LogP contribution in [0, 0.1) is 0 Å². The van der Waals surface area contributed by atoms with Crippen molar-refractivity contribution in [2.45, 2.75) is 6.54 Å². The van der Waals surface area contributed by atoms with Gasteiger partial charge in [0.1, 0.15) is 13.2 Å².